The van der Waals surface area contributed by atoms with Crippen LogP contribution in [0.5, 0.6) is 11.5 Å². The number of halogens is 1. The van der Waals surface area contributed by atoms with E-state index < -0.39 is 0 Å². The maximum Gasteiger partial charge on any atom is 0.163 e. The van der Waals surface area contributed by atoms with Crippen molar-refractivity contribution in [3.63, 3.8) is 0 Å². The lowest BCUT2D eigenvalue weighted by Crippen LogP contribution is -2.07. The molecule has 0 amide bonds. The fraction of sp³-hybridized carbons (Fsp3) is 0.333. The van der Waals surface area contributed by atoms with E-state index in [0.717, 1.165) is 0 Å². The van der Waals surface area contributed by atoms with Crippen LogP contribution in [0.2, 0.25) is 0 Å². The number of nitrogens with one attached hydrogen (secondary N) is 1. The highest BCUT2D eigenvalue weighted by atomic mass is 19.1. The van der Waals surface area contributed by atoms with Gasteiger partial charge in [-0.3, -0.25) is 0 Å². The van der Waals surface area contributed by atoms with Gasteiger partial charge in [0.15, 0.2) is 11.5 Å². The summed E-state index contributed by atoms with van der Waals surface area (Å²) < 4.78 is 17.9. The van der Waals surface area contributed by atoms with Gasteiger partial charge in [-0.15, -0.1) is 0 Å². The highest BCUT2D eigenvalue weighted by Crippen LogP contribution is 2.28. The molecule has 1 aromatic carbocycles. The minimum Gasteiger partial charge on any atom is -0.504 e. The van der Waals surface area contributed by atoms with Gasteiger partial charge in [-0.05, 0) is 13.1 Å². The lowest BCUT2D eigenvalue weighted by Gasteiger charge is -2.07. The summed E-state index contributed by atoms with van der Waals surface area (Å²) in [4.78, 5) is 0. The van der Waals surface area contributed by atoms with Crippen LogP contribution in [0.25, 0.3) is 0 Å². The zero-order valence-corrected chi connectivity index (χ0v) is 7.60. The molecule has 0 saturated carbocycles. The van der Waals surface area contributed by atoms with Gasteiger partial charge in [-0.2, -0.15) is 0 Å². The molecule has 0 aliphatic carbocycles. The number of rotatable bonds is 3. The Labute approximate surface area is 76.1 Å². The maximum atomic E-state index is 13.2. The third-order valence-electron chi connectivity index (χ3n) is 1.72. The first kappa shape index (κ1) is 9.80. The van der Waals surface area contributed by atoms with E-state index in [0.29, 0.717) is 12.1 Å². The molecule has 0 spiro atoms. The van der Waals surface area contributed by atoms with Gasteiger partial charge in [0.05, 0.1) is 7.11 Å². The van der Waals surface area contributed by atoms with Crippen LogP contribution in [0.4, 0.5) is 4.39 Å². The van der Waals surface area contributed by atoms with Crippen LogP contribution in [-0.2, 0) is 6.54 Å². The van der Waals surface area contributed by atoms with E-state index in [-0.39, 0.29) is 17.3 Å². The molecule has 0 bridgehead atoms. The summed E-state index contributed by atoms with van der Waals surface area (Å²) in [5, 5.41) is 12.1. The monoisotopic (exact) mass is 185 g/mol. The molecule has 1 aromatic rings. The summed E-state index contributed by atoms with van der Waals surface area (Å²) in [5.41, 5.74) is 0.417. The minimum atomic E-state index is -0.385. The first-order valence-corrected chi connectivity index (χ1v) is 3.89. The van der Waals surface area contributed by atoms with Gasteiger partial charge >= 0.3 is 0 Å². The topological polar surface area (TPSA) is 41.5 Å². The summed E-state index contributed by atoms with van der Waals surface area (Å²) in [5.74, 6) is -0.282. The normalized spacial score (nSPS) is 10.1. The molecule has 0 fully saturated rings. The number of hydrogen-bond acceptors (Lipinski definition) is 3. The maximum absolute atomic E-state index is 13.2. The van der Waals surface area contributed by atoms with E-state index in [1.54, 1.807) is 7.05 Å². The van der Waals surface area contributed by atoms with E-state index in [9.17, 15) is 9.50 Å². The average molecular weight is 185 g/mol. The van der Waals surface area contributed by atoms with Gasteiger partial charge in [0.25, 0.3) is 0 Å². The molecule has 1 rings (SSSR count). The molecule has 0 aromatic heterocycles. The van der Waals surface area contributed by atoms with Crippen molar-refractivity contribution in [1.82, 2.24) is 5.32 Å². The zero-order valence-electron chi connectivity index (χ0n) is 7.60. The van der Waals surface area contributed by atoms with E-state index in [1.165, 1.54) is 19.2 Å². The van der Waals surface area contributed by atoms with Gasteiger partial charge in [0.1, 0.15) is 5.82 Å². The first-order valence-electron chi connectivity index (χ1n) is 3.89. The molecule has 0 aliphatic heterocycles. The predicted molar refractivity (Wildman–Crippen MR) is 47.4 cm³/mol. The SMILES string of the molecule is CNCc1cc(O)c(OC)cc1F. The van der Waals surface area contributed by atoms with Gasteiger partial charge in [-0.25, -0.2) is 4.39 Å². The molecular formula is C9H12FNO2. The standard InChI is InChI=1S/C9H12FNO2/c1-11-5-6-3-8(12)9(13-2)4-7(6)10/h3-4,11-12H,5H2,1-2H3. The van der Waals surface area contributed by atoms with Gasteiger partial charge in [0.2, 0.25) is 0 Å². The van der Waals surface area contributed by atoms with E-state index in [4.69, 9.17) is 4.74 Å². The van der Waals surface area contributed by atoms with Gasteiger partial charge in [0, 0.05) is 18.2 Å². The summed E-state index contributed by atoms with van der Waals surface area (Å²) >= 11 is 0. The molecule has 0 aliphatic rings. The highest BCUT2D eigenvalue weighted by molar-refractivity contribution is 5.42. The second-order valence-corrected chi connectivity index (χ2v) is 2.65. The second kappa shape index (κ2) is 4.09. The fourth-order valence-corrected chi connectivity index (χ4v) is 1.08. The minimum absolute atomic E-state index is 0.0471. The van der Waals surface area contributed by atoms with Gasteiger partial charge < -0.3 is 15.2 Å². The number of phenols is 1. The molecule has 3 nitrogen and oxygen atoms in total. The van der Waals surface area contributed by atoms with Crippen molar-refractivity contribution >= 4 is 0 Å². The molecular weight excluding hydrogens is 173 g/mol. The summed E-state index contributed by atoms with van der Waals surface area (Å²) in [6, 6.07) is 2.52. The molecule has 0 heterocycles. The van der Waals surface area contributed by atoms with Crippen molar-refractivity contribution in [2.45, 2.75) is 6.54 Å². The largest absolute Gasteiger partial charge is 0.504 e. The van der Waals surface area contributed by atoms with Crippen LogP contribution in [-0.4, -0.2) is 19.3 Å². The summed E-state index contributed by atoms with van der Waals surface area (Å²) in [6.07, 6.45) is 0. The van der Waals surface area contributed by atoms with Crippen LogP contribution in [0.3, 0.4) is 0 Å². The number of phenolic OH excluding ortho intramolecular Hbond substituents is 1. The van der Waals surface area contributed by atoms with Crippen molar-refractivity contribution in [2.75, 3.05) is 14.2 Å². The number of benzene rings is 1. The van der Waals surface area contributed by atoms with Crippen molar-refractivity contribution < 1.29 is 14.2 Å². The van der Waals surface area contributed by atoms with Crippen molar-refractivity contribution in [3.05, 3.63) is 23.5 Å². The van der Waals surface area contributed by atoms with Crippen LogP contribution >= 0.6 is 0 Å². The molecule has 0 saturated heterocycles. The first-order chi connectivity index (χ1) is 6.19. The Bertz CT molecular complexity index is 302. The second-order valence-electron chi connectivity index (χ2n) is 2.65. The van der Waals surface area contributed by atoms with Crippen molar-refractivity contribution in [2.24, 2.45) is 0 Å². The molecule has 0 unspecified atom stereocenters. The van der Waals surface area contributed by atoms with E-state index in [1.807, 2.05) is 0 Å². The van der Waals surface area contributed by atoms with Crippen molar-refractivity contribution in [1.29, 1.82) is 0 Å². The Morgan fingerprint density at radius 1 is 1.54 bits per heavy atom. The zero-order chi connectivity index (χ0) is 9.84. The Morgan fingerprint density at radius 3 is 2.77 bits per heavy atom. The summed E-state index contributed by atoms with van der Waals surface area (Å²) in [7, 11) is 3.09. The lowest BCUT2D eigenvalue weighted by molar-refractivity contribution is 0.369. The molecule has 0 atom stereocenters. The lowest BCUT2D eigenvalue weighted by atomic mass is 10.2. The van der Waals surface area contributed by atoms with Crippen LogP contribution in [0, 0.1) is 5.82 Å². The Balaban J connectivity index is 3.05. The quantitative estimate of drug-likeness (QED) is 0.744. The third kappa shape index (κ3) is 2.09. The fourth-order valence-electron chi connectivity index (χ4n) is 1.08. The molecule has 2 N–H and O–H groups in total. The number of ether oxygens (including phenoxy) is 1. The number of aromatic hydroxyl groups is 1. The molecule has 13 heavy (non-hydrogen) atoms. The molecule has 4 heteroatoms. The van der Waals surface area contributed by atoms with Crippen LogP contribution < -0.4 is 10.1 Å². The third-order valence-corrected chi connectivity index (χ3v) is 1.72. The Kier molecular flexibility index (Phi) is 3.08. The Hall–Kier alpha value is -1.29. The molecule has 72 valence electrons. The van der Waals surface area contributed by atoms with Gasteiger partial charge in [-0.1, -0.05) is 0 Å². The Morgan fingerprint density at radius 2 is 2.23 bits per heavy atom. The average Bonchev–Trinajstić information content (AvgIpc) is 2.11. The number of methoxy groups -OCH3 is 1. The number of hydrogen-bond donors (Lipinski definition) is 2. The van der Waals surface area contributed by atoms with Crippen molar-refractivity contribution in [3.8, 4) is 11.5 Å². The van der Waals surface area contributed by atoms with E-state index >= 15 is 0 Å². The summed E-state index contributed by atoms with van der Waals surface area (Å²) in [6.45, 7) is 0.378. The predicted octanol–water partition coefficient (Wildman–Crippen LogP) is 1.26. The molecule has 0 radical (unpaired) electrons. The van der Waals surface area contributed by atoms with Crippen LogP contribution in [0.1, 0.15) is 5.56 Å². The van der Waals surface area contributed by atoms with Crippen LogP contribution in [0.15, 0.2) is 12.1 Å². The van der Waals surface area contributed by atoms with E-state index in [2.05, 4.69) is 5.32 Å². The highest BCUT2D eigenvalue weighted by Gasteiger charge is 2.08. The smallest absolute Gasteiger partial charge is 0.163 e.